The van der Waals surface area contributed by atoms with Crippen molar-refractivity contribution in [3.63, 3.8) is 0 Å². The smallest absolute Gasteiger partial charge is 0.220 e. The maximum atomic E-state index is 12.1. The molecule has 1 N–H and O–H groups in total. The second kappa shape index (κ2) is 9.74. The minimum Gasteiger partial charge on any atom is -0.486 e. The number of fused-ring (bicyclic) bond motifs is 1. The van der Waals surface area contributed by atoms with E-state index in [1.807, 2.05) is 24.4 Å². The highest BCUT2D eigenvalue weighted by atomic mass is 16.6. The third-order valence-corrected chi connectivity index (χ3v) is 5.67. The van der Waals surface area contributed by atoms with Crippen molar-refractivity contribution in [3.8, 4) is 11.5 Å². The molecule has 154 valence electrons. The van der Waals surface area contributed by atoms with Gasteiger partial charge in [-0.05, 0) is 67.6 Å². The summed E-state index contributed by atoms with van der Waals surface area (Å²) in [6, 6.07) is 10.2. The standard InChI is InChI=1S/C23H29N3O3/c27-23(6-4-18-2-1-9-24-15-18)25-16-19-7-10-26(11-8-19)17-20-3-5-21-22(14-20)29-13-12-28-21/h1-3,5,9,14-15,19H,4,6-8,10-13,16-17H2,(H,25,27). The van der Waals surface area contributed by atoms with E-state index < -0.39 is 0 Å². The van der Waals surface area contributed by atoms with Gasteiger partial charge in [-0.15, -0.1) is 0 Å². The van der Waals surface area contributed by atoms with Gasteiger partial charge in [-0.3, -0.25) is 14.7 Å². The van der Waals surface area contributed by atoms with Crippen molar-refractivity contribution in [1.29, 1.82) is 0 Å². The van der Waals surface area contributed by atoms with Crippen LogP contribution in [0.15, 0.2) is 42.7 Å². The number of aryl methyl sites for hydroxylation is 1. The van der Waals surface area contributed by atoms with Crippen LogP contribution in [0.5, 0.6) is 11.5 Å². The number of nitrogens with one attached hydrogen (secondary N) is 1. The number of carbonyl (C=O) groups excluding carboxylic acids is 1. The molecule has 1 amide bonds. The number of likely N-dealkylation sites (tertiary alicyclic amines) is 1. The zero-order valence-corrected chi connectivity index (χ0v) is 16.8. The molecule has 0 radical (unpaired) electrons. The van der Waals surface area contributed by atoms with Crippen LogP contribution in [0.3, 0.4) is 0 Å². The van der Waals surface area contributed by atoms with Crippen molar-refractivity contribution in [2.45, 2.75) is 32.2 Å². The van der Waals surface area contributed by atoms with Gasteiger partial charge in [0.25, 0.3) is 0 Å². The second-order valence-corrected chi connectivity index (χ2v) is 7.86. The monoisotopic (exact) mass is 395 g/mol. The summed E-state index contributed by atoms with van der Waals surface area (Å²) in [5.74, 6) is 2.40. The minimum absolute atomic E-state index is 0.132. The molecule has 0 saturated carbocycles. The number of hydrogen-bond acceptors (Lipinski definition) is 5. The average Bonchev–Trinajstić information content (AvgIpc) is 2.78. The molecule has 6 nitrogen and oxygen atoms in total. The number of nitrogens with zero attached hydrogens (tertiary/aromatic N) is 2. The molecule has 0 atom stereocenters. The molecule has 1 saturated heterocycles. The predicted molar refractivity (Wildman–Crippen MR) is 111 cm³/mol. The van der Waals surface area contributed by atoms with Gasteiger partial charge >= 0.3 is 0 Å². The van der Waals surface area contributed by atoms with E-state index in [0.717, 1.165) is 62.5 Å². The summed E-state index contributed by atoms with van der Waals surface area (Å²) in [7, 11) is 0. The van der Waals surface area contributed by atoms with Crippen molar-refractivity contribution < 1.29 is 14.3 Å². The summed E-state index contributed by atoms with van der Waals surface area (Å²) in [6.45, 7) is 5.08. The molecule has 1 fully saturated rings. The average molecular weight is 396 g/mol. The maximum Gasteiger partial charge on any atom is 0.220 e. The van der Waals surface area contributed by atoms with Crippen molar-refractivity contribution in [2.75, 3.05) is 32.8 Å². The molecule has 1 aromatic heterocycles. The molecule has 0 bridgehead atoms. The van der Waals surface area contributed by atoms with Crippen molar-refractivity contribution >= 4 is 5.91 Å². The zero-order chi connectivity index (χ0) is 19.9. The SMILES string of the molecule is O=C(CCc1cccnc1)NCC1CCN(Cc2ccc3c(c2)OCCO3)CC1. The van der Waals surface area contributed by atoms with E-state index in [0.29, 0.717) is 25.6 Å². The van der Waals surface area contributed by atoms with Crippen molar-refractivity contribution in [3.05, 3.63) is 53.9 Å². The van der Waals surface area contributed by atoms with Crippen LogP contribution in [-0.2, 0) is 17.8 Å². The molecule has 6 heteroatoms. The van der Waals surface area contributed by atoms with Crippen LogP contribution >= 0.6 is 0 Å². The summed E-state index contributed by atoms with van der Waals surface area (Å²) in [4.78, 5) is 18.7. The molecular weight excluding hydrogens is 366 g/mol. The molecule has 2 aliphatic heterocycles. The Bertz CT molecular complexity index is 804. The lowest BCUT2D eigenvalue weighted by molar-refractivity contribution is -0.121. The fourth-order valence-electron chi connectivity index (χ4n) is 3.94. The van der Waals surface area contributed by atoms with Crippen molar-refractivity contribution in [1.82, 2.24) is 15.2 Å². The number of piperidine rings is 1. The van der Waals surface area contributed by atoms with Gasteiger partial charge in [0.2, 0.25) is 5.91 Å². The lowest BCUT2D eigenvalue weighted by Gasteiger charge is -2.32. The lowest BCUT2D eigenvalue weighted by atomic mass is 9.96. The Morgan fingerprint density at radius 3 is 2.72 bits per heavy atom. The number of amides is 1. The Kier molecular flexibility index (Phi) is 6.62. The van der Waals surface area contributed by atoms with Gasteiger partial charge in [0.1, 0.15) is 13.2 Å². The van der Waals surface area contributed by atoms with Gasteiger partial charge in [0.05, 0.1) is 0 Å². The summed E-state index contributed by atoms with van der Waals surface area (Å²) < 4.78 is 11.3. The number of benzene rings is 1. The number of rotatable bonds is 7. The second-order valence-electron chi connectivity index (χ2n) is 7.86. The zero-order valence-electron chi connectivity index (χ0n) is 16.8. The molecule has 3 heterocycles. The van der Waals surface area contributed by atoms with Gasteiger partial charge in [0, 0.05) is 31.9 Å². The Balaban J connectivity index is 1.15. The molecule has 0 spiro atoms. The van der Waals surface area contributed by atoms with Crippen LogP contribution in [0.1, 0.15) is 30.4 Å². The van der Waals surface area contributed by atoms with E-state index in [2.05, 4.69) is 27.3 Å². The summed E-state index contributed by atoms with van der Waals surface area (Å²) in [6.07, 6.45) is 7.08. The van der Waals surface area contributed by atoms with E-state index >= 15 is 0 Å². The predicted octanol–water partition coefficient (Wildman–Crippen LogP) is 2.81. The Morgan fingerprint density at radius 1 is 1.10 bits per heavy atom. The third kappa shape index (κ3) is 5.70. The Hall–Kier alpha value is -2.60. The van der Waals surface area contributed by atoms with Gasteiger partial charge in [-0.2, -0.15) is 0 Å². The number of carbonyl (C=O) groups is 1. The molecule has 0 aliphatic carbocycles. The van der Waals surface area contributed by atoms with Gasteiger partial charge in [0.15, 0.2) is 11.5 Å². The topological polar surface area (TPSA) is 63.7 Å². The first-order valence-corrected chi connectivity index (χ1v) is 10.5. The van der Waals surface area contributed by atoms with Crippen LogP contribution in [0.2, 0.25) is 0 Å². The van der Waals surface area contributed by atoms with E-state index in [9.17, 15) is 4.79 Å². The molecule has 0 unspecified atom stereocenters. The number of ether oxygens (including phenoxy) is 2. The van der Waals surface area contributed by atoms with E-state index in [1.54, 1.807) is 6.20 Å². The van der Waals surface area contributed by atoms with Crippen LogP contribution in [0.4, 0.5) is 0 Å². The van der Waals surface area contributed by atoms with Crippen molar-refractivity contribution in [2.24, 2.45) is 5.92 Å². The third-order valence-electron chi connectivity index (χ3n) is 5.67. The molecule has 4 rings (SSSR count). The maximum absolute atomic E-state index is 12.1. The molecule has 29 heavy (non-hydrogen) atoms. The molecule has 1 aromatic carbocycles. The number of pyridine rings is 1. The van der Waals surface area contributed by atoms with Gasteiger partial charge in [-0.25, -0.2) is 0 Å². The first-order chi connectivity index (χ1) is 14.3. The molecule has 2 aliphatic rings. The van der Waals surface area contributed by atoms with Crippen LogP contribution in [0, 0.1) is 5.92 Å². The molecule has 2 aromatic rings. The normalized spacial score (nSPS) is 17.1. The Morgan fingerprint density at radius 2 is 1.93 bits per heavy atom. The molecular formula is C23H29N3O3. The number of aromatic nitrogens is 1. The number of hydrogen-bond donors (Lipinski definition) is 1. The fraction of sp³-hybridized carbons (Fsp3) is 0.478. The highest BCUT2D eigenvalue weighted by Crippen LogP contribution is 2.31. The quantitative estimate of drug-likeness (QED) is 0.781. The first kappa shape index (κ1) is 19.7. The lowest BCUT2D eigenvalue weighted by Crippen LogP contribution is -2.38. The van der Waals surface area contributed by atoms with E-state index in [-0.39, 0.29) is 5.91 Å². The van der Waals surface area contributed by atoms with E-state index in [4.69, 9.17) is 9.47 Å². The minimum atomic E-state index is 0.132. The highest BCUT2D eigenvalue weighted by molar-refractivity contribution is 5.76. The first-order valence-electron chi connectivity index (χ1n) is 10.5. The van der Waals surface area contributed by atoms with Crippen LogP contribution in [-0.4, -0.2) is 48.6 Å². The van der Waals surface area contributed by atoms with Crippen LogP contribution in [0.25, 0.3) is 0 Å². The largest absolute Gasteiger partial charge is 0.486 e. The van der Waals surface area contributed by atoms with E-state index in [1.165, 1.54) is 5.56 Å². The Labute approximate surface area is 172 Å². The van der Waals surface area contributed by atoms with Gasteiger partial charge in [-0.1, -0.05) is 12.1 Å². The van der Waals surface area contributed by atoms with Gasteiger partial charge < -0.3 is 14.8 Å². The summed E-state index contributed by atoms with van der Waals surface area (Å²) in [5.41, 5.74) is 2.37. The highest BCUT2D eigenvalue weighted by Gasteiger charge is 2.20. The van der Waals surface area contributed by atoms with Crippen LogP contribution < -0.4 is 14.8 Å². The fourth-order valence-corrected chi connectivity index (χ4v) is 3.94. The summed E-state index contributed by atoms with van der Waals surface area (Å²) in [5, 5.41) is 3.11. The summed E-state index contributed by atoms with van der Waals surface area (Å²) >= 11 is 0.